The van der Waals surface area contributed by atoms with Crippen molar-refractivity contribution in [1.29, 1.82) is 0 Å². The van der Waals surface area contributed by atoms with Crippen molar-refractivity contribution in [2.75, 3.05) is 12.3 Å². The number of hydrogen-bond acceptors (Lipinski definition) is 4. The number of hydrogen-bond donors (Lipinski definition) is 1. The molecule has 1 atom stereocenters. The first kappa shape index (κ1) is 19.9. The maximum atomic E-state index is 14.5. The van der Waals surface area contributed by atoms with Crippen LogP contribution in [-0.4, -0.2) is 27.3 Å². The summed E-state index contributed by atoms with van der Waals surface area (Å²) in [5.41, 5.74) is 8.06. The number of carbonyl (C=O) groups excluding carboxylic acids is 1. The molecular formula is C23H22F2N4O. The Morgan fingerprint density at radius 3 is 2.60 bits per heavy atom. The van der Waals surface area contributed by atoms with Crippen LogP contribution in [0.4, 0.5) is 14.7 Å². The van der Waals surface area contributed by atoms with Crippen LogP contribution in [0.2, 0.25) is 0 Å². The second kappa shape index (κ2) is 8.57. The van der Waals surface area contributed by atoms with E-state index >= 15 is 0 Å². The quantitative estimate of drug-likeness (QED) is 0.699. The van der Waals surface area contributed by atoms with Crippen molar-refractivity contribution in [3.8, 4) is 11.1 Å². The molecule has 0 aliphatic carbocycles. The molecule has 4 rings (SSSR count). The number of amides is 1. The highest BCUT2D eigenvalue weighted by Crippen LogP contribution is 2.37. The van der Waals surface area contributed by atoms with Crippen LogP contribution < -0.4 is 5.73 Å². The first-order valence-electron chi connectivity index (χ1n) is 9.94. The van der Waals surface area contributed by atoms with Gasteiger partial charge in [0.05, 0.1) is 18.2 Å². The summed E-state index contributed by atoms with van der Waals surface area (Å²) in [6.07, 6.45) is 4.18. The van der Waals surface area contributed by atoms with Crippen molar-refractivity contribution >= 4 is 11.9 Å². The molecule has 1 saturated heterocycles. The van der Waals surface area contributed by atoms with E-state index in [1.807, 2.05) is 0 Å². The molecule has 30 heavy (non-hydrogen) atoms. The second-order valence-corrected chi connectivity index (χ2v) is 7.41. The number of halogens is 2. The Labute approximate surface area is 173 Å². The fourth-order valence-corrected chi connectivity index (χ4v) is 3.94. The third kappa shape index (κ3) is 4.15. The van der Waals surface area contributed by atoms with E-state index in [2.05, 4.69) is 9.97 Å². The lowest BCUT2D eigenvalue weighted by atomic mass is 9.93. The lowest BCUT2D eigenvalue weighted by Gasteiger charge is -2.36. The zero-order chi connectivity index (χ0) is 21.1. The van der Waals surface area contributed by atoms with Crippen LogP contribution in [0.25, 0.3) is 11.1 Å². The molecule has 1 aromatic heterocycles. The van der Waals surface area contributed by atoms with E-state index in [4.69, 9.17) is 5.73 Å². The van der Waals surface area contributed by atoms with Gasteiger partial charge in [0.15, 0.2) is 0 Å². The van der Waals surface area contributed by atoms with Crippen LogP contribution in [0, 0.1) is 11.6 Å². The normalized spacial score (nSPS) is 16.5. The Hall–Kier alpha value is -3.35. The van der Waals surface area contributed by atoms with Gasteiger partial charge in [-0.15, -0.1) is 0 Å². The molecule has 7 heteroatoms. The summed E-state index contributed by atoms with van der Waals surface area (Å²) in [5.74, 6) is -0.718. The smallest absolute Gasteiger partial charge is 0.227 e. The van der Waals surface area contributed by atoms with Crippen molar-refractivity contribution in [2.24, 2.45) is 0 Å². The van der Waals surface area contributed by atoms with Gasteiger partial charge in [0, 0.05) is 23.9 Å². The van der Waals surface area contributed by atoms with Gasteiger partial charge in [-0.25, -0.2) is 18.7 Å². The molecule has 2 aromatic carbocycles. The zero-order valence-electron chi connectivity index (χ0n) is 16.4. The lowest BCUT2D eigenvalue weighted by molar-refractivity contribution is -0.134. The molecule has 0 spiro atoms. The fourth-order valence-electron chi connectivity index (χ4n) is 3.94. The van der Waals surface area contributed by atoms with Crippen molar-refractivity contribution in [1.82, 2.24) is 14.9 Å². The number of aromatic nitrogens is 2. The largest absolute Gasteiger partial charge is 0.368 e. The maximum Gasteiger partial charge on any atom is 0.227 e. The molecule has 0 saturated carbocycles. The lowest BCUT2D eigenvalue weighted by Crippen LogP contribution is -2.40. The van der Waals surface area contributed by atoms with Crippen LogP contribution in [-0.2, 0) is 11.2 Å². The van der Waals surface area contributed by atoms with Crippen LogP contribution in [0.5, 0.6) is 0 Å². The van der Waals surface area contributed by atoms with Crippen molar-refractivity contribution in [3.63, 3.8) is 0 Å². The van der Waals surface area contributed by atoms with Crippen LogP contribution in [0.15, 0.2) is 54.7 Å². The number of likely N-dealkylation sites (tertiary alicyclic amines) is 1. The molecule has 154 valence electrons. The van der Waals surface area contributed by atoms with E-state index in [9.17, 15) is 13.6 Å². The third-order valence-electron chi connectivity index (χ3n) is 5.41. The first-order valence-corrected chi connectivity index (χ1v) is 9.94. The Balaban J connectivity index is 1.69. The number of carbonyl (C=O) groups is 1. The van der Waals surface area contributed by atoms with Gasteiger partial charge >= 0.3 is 0 Å². The number of rotatable bonds is 4. The molecule has 0 unspecified atom stereocenters. The number of nitrogens with zero attached hydrogens (tertiary/aromatic N) is 3. The Morgan fingerprint density at radius 2 is 1.83 bits per heavy atom. The van der Waals surface area contributed by atoms with E-state index < -0.39 is 0 Å². The topological polar surface area (TPSA) is 72.1 Å². The number of anilines is 1. The SMILES string of the molecule is Nc1ncc(-c2ccccc2F)c([C@H]2CCCCN2C(=O)Cc2ccc(F)cc2)n1. The van der Waals surface area contributed by atoms with E-state index in [0.717, 1.165) is 18.4 Å². The molecule has 1 aliphatic heterocycles. The standard InChI is InChI=1S/C23H22F2N4O/c24-16-10-8-15(9-11-16)13-21(30)29-12-4-3-7-20(29)22-18(14-27-23(26)28-22)17-5-1-2-6-19(17)25/h1-2,5-6,8-11,14,20H,3-4,7,12-13H2,(H2,26,27,28)/t20-/m1/s1. The molecule has 0 bridgehead atoms. The van der Waals surface area contributed by atoms with E-state index in [0.29, 0.717) is 29.8 Å². The number of nitrogens with two attached hydrogens (primary N) is 1. The number of nitrogen functional groups attached to an aromatic ring is 1. The molecule has 1 fully saturated rings. The summed E-state index contributed by atoms with van der Waals surface area (Å²) < 4.78 is 27.7. The highest BCUT2D eigenvalue weighted by Gasteiger charge is 2.31. The van der Waals surface area contributed by atoms with Gasteiger partial charge in [-0.1, -0.05) is 30.3 Å². The predicted octanol–water partition coefficient (Wildman–Crippen LogP) is 4.30. The van der Waals surface area contributed by atoms with E-state index in [-0.39, 0.29) is 36.0 Å². The average Bonchev–Trinajstić information content (AvgIpc) is 2.76. The summed E-state index contributed by atoms with van der Waals surface area (Å²) in [6.45, 7) is 0.575. The molecule has 5 nitrogen and oxygen atoms in total. The molecule has 1 aliphatic rings. The summed E-state index contributed by atoms with van der Waals surface area (Å²) in [7, 11) is 0. The molecule has 3 aromatic rings. The minimum atomic E-state index is -0.382. The molecular weight excluding hydrogens is 386 g/mol. The predicted molar refractivity (Wildman–Crippen MR) is 110 cm³/mol. The van der Waals surface area contributed by atoms with Gasteiger partial charge < -0.3 is 10.6 Å². The van der Waals surface area contributed by atoms with Gasteiger partial charge in [-0.05, 0) is 43.0 Å². The summed E-state index contributed by atoms with van der Waals surface area (Å²) in [6, 6.07) is 12.0. The zero-order valence-corrected chi connectivity index (χ0v) is 16.4. The Bertz CT molecular complexity index is 1060. The second-order valence-electron chi connectivity index (χ2n) is 7.41. The van der Waals surface area contributed by atoms with Gasteiger partial charge in [-0.3, -0.25) is 4.79 Å². The molecule has 0 radical (unpaired) electrons. The van der Waals surface area contributed by atoms with Gasteiger partial charge in [-0.2, -0.15) is 0 Å². The van der Waals surface area contributed by atoms with Crippen LogP contribution in [0.1, 0.15) is 36.6 Å². The Kier molecular flexibility index (Phi) is 5.70. The van der Waals surface area contributed by atoms with Gasteiger partial charge in [0.25, 0.3) is 0 Å². The molecule has 1 amide bonds. The van der Waals surface area contributed by atoms with Crippen LogP contribution in [0.3, 0.4) is 0 Å². The third-order valence-corrected chi connectivity index (χ3v) is 5.41. The van der Waals surface area contributed by atoms with Gasteiger partial charge in [0.1, 0.15) is 11.6 Å². The number of piperidine rings is 1. The molecule has 2 heterocycles. The van der Waals surface area contributed by atoms with E-state index in [1.165, 1.54) is 24.4 Å². The average molecular weight is 408 g/mol. The minimum Gasteiger partial charge on any atom is -0.368 e. The van der Waals surface area contributed by atoms with Crippen molar-refractivity contribution in [2.45, 2.75) is 31.7 Å². The van der Waals surface area contributed by atoms with E-state index in [1.54, 1.807) is 35.2 Å². The highest BCUT2D eigenvalue weighted by atomic mass is 19.1. The Morgan fingerprint density at radius 1 is 1.07 bits per heavy atom. The summed E-state index contributed by atoms with van der Waals surface area (Å²) in [4.78, 5) is 23.4. The van der Waals surface area contributed by atoms with Crippen molar-refractivity contribution in [3.05, 3.63) is 77.6 Å². The molecule has 2 N–H and O–H groups in total. The number of benzene rings is 2. The first-order chi connectivity index (χ1) is 14.5. The fraction of sp³-hybridized carbons (Fsp3) is 0.261. The van der Waals surface area contributed by atoms with Gasteiger partial charge in [0.2, 0.25) is 11.9 Å². The maximum absolute atomic E-state index is 14.5. The highest BCUT2D eigenvalue weighted by molar-refractivity contribution is 5.80. The summed E-state index contributed by atoms with van der Waals surface area (Å²) >= 11 is 0. The van der Waals surface area contributed by atoms with Crippen molar-refractivity contribution < 1.29 is 13.6 Å². The van der Waals surface area contributed by atoms with Crippen LogP contribution >= 0.6 is 0 Å². The monoisotopic (exact) mass is 408 g/mol. The summed E-state index contributed by atoms with van der Waals surface area (Å²) in [5, 5.41) is 0. The minimum absolute atomic E-state index is 0.0806.